The molecule has 1 aliphatic heterocycles. The molecule has 1 aliphatic rings. The van der Waals surface area contributed by atoms with Gasteiger partial charge in [0.1, 0.15) is 6.04 Å². The summed E-state index contributed by atoms with van der Waals surface area (Å²) in [6, 6.07) is -0.435. The van der Waals surface area contributed by atoms with E-state index in [2.05, 4.69) is 5.32 Å². The van der Waals surface area contributed by atoms with Crippen LogP contribution >= 0.6 is 0 Å². The predicted molar refractivity (Wildman–Crippen MR) is 60.3 cm³/mol. The zero-order valence-electron chi connectivity index (χ0n) is 9.94. The second-order valence-electron chi connectivity index (χ2n) is 4.11. The van der Waals surface area contributed by atoms with E-state index < -0.39 is 12.0 Å². The Bertz CT molecular complexity index is 317. The van der Waals surface area contributed by atoms with E-state index in [1.807, 2.05) is 0 Å². The SMILES string of the molecule is CNC(=O)C1CCCCN1C(=O)CCC(=O)O. The molecule has 1 unspecified atom stereocenters. The smallest absolute Gasteiger partial charge is 0.303 e. The molecule has 17 heavy (non-hydrogen) atoms. The first kappa shape index (κ1) is 13.5. The van der Waals surface area contributed by atoms with Crippen molar-refractivity contribution in [3.8, 4) is 0 Å². The van der Waals surface area contributed by atoms with Crippen molar-refractivity contribution in [1.29, 1.82) is 0 Å². The van der Waals surface area contributed by atoms with Crippen LogP contribution in [0, 0.1) is 0 Å². The van der Waals surface area contributed by atoms with Crippen LogP contribution in [0.2, 0.25) is 0 Å². The van der Waals surface area contributed by atoms with Gasteiger partial charge in [0.15, 0.2) is 0 Å². The molecule has 2 amide bonds. The number of likely N-dealkylation sites (tertiary alicyclic amines) is 1. The molecular formula is C11H18N2O4. The van der Waals surface area contributed by atoms with Gasteiger partial charge in [-0.1, -0.05) is 0 Å². The molecule has 1 rings (SSSR count). The van der Waals surface area contributed by atoms with Crippen molar-refractivity contribution in [3.63, 3.8) is 0 Å². The van der Waals surface area contributed by atoms with Crippen LogP contribution in [-0.4, -0.2) is 47.4 Å². The number of aliphatic carboxylic acids is 1. The third-order valence-corrected chi connectivity index (χ3v) is 2.92. The van der Waals surface area contributed by atoms with Gasteiger partial charge in [-0.05, 0) is 19.3 Å². The van der Waals surface area contributed by atoms with Gasteiger partial charge >= 0.3 is 5.97 Å². The van der Waals surface area contributed by atoms with Crippen LogP contribution in [0.5, 0.6) is 0 Å². The lowest BCUT2D eigenvalue weighted by molar-refractivity contribution is -0.145. The normalized spacial score (nSPS) is 19.8. The third kappa shape index (κ3) is 3.72. The maximum absolute atomic E-state index is 11.8. The maximum Gasteiger partial charge on any atom is 0.303 e. The summed E-state index contributed by atoms with van der Waals surface area (Å²) in [5.74, 6) is -1.42. The molecule has 0 aromatic heterocycles. The topological polar surface area (TPSA) is 86.7 Å². The summed E-state index contributed by atoms with van der Waals surface area (Å²) in [5.41, 5.74) is 0. The van der Waals surface area contributed by atoms with Gasteiger partial charge < -0.3 is 15.3 Å². The van der Waals surface area contributed by atoms with Crippen LogP contribution in [0.15, 0.2) is 0 Å². The average Bonchev–Trinajstić information content (AvgIpc) is 2.34. The number of hydrogen-bond acceptors (Lipinski definition) is 3. The molecule has 6 nitrogen and oxygen atoms in total. The number of nitrogens with zero attached hydrogens (tertiary/aromatic N) is 1. The standard InChI is InChI=1S/C11H18N2O4/c1-12-11(17)8-4-2-3-7-13(8)9(14)5-6-10(15)16/h8H,2-7H2,1H3,(H,12,17)(H,15,16). The van der Waals surface area contributed by atoms with E-state index in [9.17, 15) is 14.4 Å². The second-order valence-corrected chi connectivity index (χ2v) is 4.11. The minimum Gasteiger partial charge on any atom is -0.481 e. The van der Waals surface area contributed by atoms with Crippen molar-refractivity contribution < 1.29 is 19.5 Å². The first-order chi connectivity index (χ1) is 8.06. The van der Waals surface area contributed by atoms with Crippen molar-refractivity contribution in [3.05, 3.63) is 0 Å². The minimum atomic E-state index is -0.994. The number of hydrogen-bond donors (Lipinski definition) is 2. The monoisotopic (exact) mass is 242 g/mol. The van der Waals surface area contributed by atoms with E-state index in [-0.39, 0.29) is 24.7 Å². The van der Waals surface area contributed by atoms with Gasteiger partial charge in [-0.3, -0.25) is 14.4 Å². The molecule has 96 valence electrons. The molecule has 0 spiro atoms. The fraction of sp³-hybridized carbons (Fsp3) is 0.727. The lowest BCUT2D eigenvalue weighted by Crippen LogP contribution is -2.51. The molecule has 6 heteroatoms. The van der Waals surface area contributed by atoms with Crippen LogP contribution in [0.1, 0.15) is 32.1 Å². The Labute approximate surface area is 100.0 Å². The van der Waals surface area contributed by atoms with Gasteiger partial charge in [-0.15, -0.1) is 0 Å². The maximum atomic E-state index is 11.8. The molecular weight excluding hydrogens is 224 g/mol. The average molecular weight is 242 g/mol. The lowest BCUT2D eigenvalue weighted by Gasteiger charge is -2.34. The van der Waals surface area contributed by atoms with Crippen molar-refractivity contribution in [2.45, 2.75) is 38.1 Å². The Morgan fingerprint density at radius 3 is 2.59 bits per heavy atom. The molecule has 0 bridgehead atoms. The molecule has 1 heterocycles. The van der Waals surface area contributed by atoms with Crippen molar-refractivity contribution in [2.24, 2.45) is 0 Å². The number of carboxylic acid groups (broad SMARTS) is 1. The number of carbonyl (C=O) groups is 3. The summed E-state index contributed by atoms with van der Waals surface area (Å²) in [4.78, 5) is 35.3. The van der Waals surface area contributed by atoms with Crippen LogP contribution in [0.4, 0.5) is 0 Å². The van der Waals surface area contributed by atoms with E-state index in [0.29, 0.717) is 13.0 Å². The first-order valence-corrected chi connectivity index (χ1v) is 5.79. The van der Waals surface area contributed by atoms with E-state index >= 15 is 0 Å². The van der Waals surface area contributed by atoms with Gasteiger partial charge in [0.25, 0.3) is 0 Å². The number of carboxylic acids is 1. The highest BCUT2D eigenvalue weighted by Gasteiger charge is 2.31. The molecule has 0 aromatic rings. The lowest BCUT2D eigenvalue weighted by atomic mass is 10.0. The van der Waals surface area contributed by atoms with E-state index in [1.54, 1.807) is 0 Å². The third-order valence-electron chi connectivity index (χ3n) is 2.92. The first-order valence-electron chi connectivity index (χ1n) is 5.79. The Balaban J connectivity index is 2.60. The molecule has 2 N–H and O–H groups in total. The summed E-state index contributed by atoms with van der Waals surface area (Å²) < 4.78 is 0. The van der Waals surface area contributed by atoms with Gasteiger partial charge in [0, 0.05) is 20.0 Å². The van der Waals surface area contributed by atoms with Crippen molar-refractivity contribution >= 4 is 17.8 Å². The summed E-state index contributed by atoms with van der Waals surface area (Å²) in [5, 5.41) is 11.1. The predicted octanol–water partition coefficient (Wildman–Crippen LogP) is -0.0217. The van der Waals surface area contributed by atoms with Gasteiger partial charge in [-0.25, -0.2) is 0 Å². The Morgan fingerprint density at radius 1 is 1.29 bits per heavy atom. The van der Waals surface area contributed by atoms with E-state index in [1.165, 1.54) is 11.9 Å². The molecule has 0 saturated carbocycles. The summed E-state index contributed by atoms with van der Waals surface area (Å²) in [6.45, 7) is 0.538. The fourth-order valence-electron chi connectivity index (χ4n) is 2.03. The Kier molecular flexibility index (Phi) is 4.93. The van der Waals surface area contributed by atoms with E-state index in [4.69, 9.17) is 5.11 Å². The van der Waals surface area contributed by atoms with Crippen LogP contribution in [0.3, 0.4) is 0 Å². The number of piperidine rings is 1. The van der Waals surface area contributed by atoms with Crippen molar-refractivity contribution in [2.75, 3.05) is 13.6 Å². The van der Waals surface area contributed by atoms with Crippen molar-refractivity contribution in [1.82, 2.24) is 10.2 Å². The Morgan fingerprint density at radius 2 is 2.00 bits per heavy atom. The van der Waals surface area contributed by atoms with Gasteiger partial charge in [-0.2, -0.15) is 0 Å². The number of nitrogens with one attached hydrogen (secondary N) is 1. The number of likely N-dealkylation sites (N-methyl/N-ethyl adjacent to an activating group) is 1. The van der Waals surface area contributed by atoms with Gasteiger partial charge in [0.2, 0.25) is 11.8 Å². The second kappa shape index (κ2) is 6.22. The molecule has 0 aliphatic carbocycles. The highest BCUT2D eigenvalue weighted by Crippen LogP contribution is 2.18. The summed E-state index contributed by atoms with van der Waals surface area (Å²) in [7, 11) is 1.54. The molecule has 0 aromatic carbocycles. The summed E-state index contributed by atoms with van der Waals surface area (Å²) >= 11 is 0. The van der Waals surface area contributed by atoms with Crippen LogP contribution in [-0.2, 0) is 14.4 Å². The summed E-state index contributed by atoms with van der Waals surface area (Å²) in [6.07, 6.45) is 2.21. The largest absolute Gasteiger partial charge is 0.481 e. The van der Waals surface area contributed by atoms with Crippen LogP contribution in [0.25, 0.3) is 0 Å². The molecule has 1 fully saturated rings. The zero-order valence-corrected chi connectivity index (χ0v) is 9.94. The molecule has 1 saturated heterocycles. The quantitative estimate of drug-likeness (QED) is 0.725. The highest BCUT2D eigenvalue weighted by atomic mass is 16.4. The van der Waals surface area contributed by atoms with Gasteiger partial charge in [0.05, 0.1) is 6.42 Å². The highest BCUT2D eigenvalue weighted by molar-refractivity contribution is 5.88. The van der Waals surface area contributed by atoms with E-state index in [0.717, 1.165) is 12.8 Å². The fourth-order valence-corrected chi connectivity index (χ4v) is 2.03. The number of carbonyl (C=O) groups excluding carboxylic acids is 2. The Hall–Kier alpha value is -1.59. The zero-order chi connectivity index (χ0) is 12.8. The number of rotatable bonds is 4. The molecule has 1 atom stereocenters. The number of amides is 2. The van der Waals surface area contributed by atoms with Crippen LogP contribution < -0.4 is 5.32 Å². The minimum absolute atomic E-state index is 0.0389. The molecule has 0 radical (unpaired) electrons.